The fraction of sp³-hybridized carbons (Fsp3) is 0.0588. The number of urea groups is 1. The maximum absolute atomic E-state index is 13.0. The van der Waals surface area contributed by atoms with Gasteiger partial charge < -0.3 is 10.4 Å². The fourth-order valence-corrected chi connectivity index (χ4v) is 3.14. The van der Waals surface area contributed by atoms with Crippen molar-refractivity contribution in [2.75, 3.05) is 0 Å². The first-order chi connectivity index (χ1) is 11.8. The Kier molecular flexibility index (Phi) is 4.78. The van der Waals surface area contributed by atoms with E-state index >= 15 is 0 Å². The molecule has 25 heavy (non-hydrogen) atoms. The largest absolute Gasteiger partial charge is 0.505 e. The number of carbonyl (C=O) groups is 2. The predicted molar refractivity (Wildman–Crippen MR) is 94.3 cm³/mol. The zero-order valence-electron chi connectivity index (χ0n) is 12.6. The van der Waals surface area contributed by atoms with Crippen molar-refractivity contribution in [1.29, 1.82) is 0 Å². The number of imide groups is 1. The van der Waals surface area contributed by atoms with Crippen LogP contribution in [-0.2, 0) is 11.3 Å². The van der Waals surface area contributed by atoms with Crippen LogP contribution in [0.5, 0.6) is 5.75 Å². The van der Waals surface area contributed by atoms with Crippen LogP contribution in [0, 0.1) is 5.82 Å². The standard InChI is InChI=1S/C17H11BrClFN2O3/c18-12-5-10(6-13(19)15(12)23)7-14-16(24)22(17(25)21-14)8-9-1-3-11(20)4-2-9/h1-7,23H,8H2,(H,21,25). The van der Waals surface area contributed by atoms with Gasteiger partial charge in [0.05, 0.1) is 16.0 Å². The van der Waals surface area contributed by atoms with E-state index in [1.807, 2.05) is 0 Å². The van der Waals surface area contributed by atoms with Gasteiger partial charge in [0.1, 0.15) is 17.3 Å². The minimum absolute atomic E-state index is 0.0301. The van der Waals surface area contributed by atoms with Gasteiger partial charge >= 0.3 is 6.03 Å². The van der Waals surface area contributed by atoms with Crippen molar-refractivity contribution < 1.29 is 19.1 Å². The van der Waals surface area contributed by atoms with E-state index in [0.29, 0.717) is 15.6 Å². The number of halogens is 3. The molecule has 2 aromatic rings. The van der Waals surface area contributed by atoms with E-state index in [1.165, 1.54) is 36.4 Å². The van der Waals surface area contributed by atoms with E-state index in [4.69, 9.17) is 11.6 Å². The van der Waals surface area contributed by atoms with Crippen LogP contribution in [-0.4, -0.2) is 21.9 Å². The van der Waals surface area contributed by atoms with Crippen LogP contribution in [0.15, 0.2) is 46.6 Å². The zero-order chi connectivity index (χ0) is 18.1. The van der Waals surface area contributed by atoms with Gasteiger partial charge in [0, 0.05) is 0 Å². The molecule has 1 aliphatic rings. The summed E-state index contributed by atoms with van der Waals surface area (Å²) in [5, 5.41) is 12.2. The summed E-state index contributed by atoms with van der Waals surface area (Å²) in [6.07, 6.45) is 1.46. The highest BCUT2D eigenvalue weighted by Gasteiger charge is 2.33. The van der Waals surface area contributed by atoms with Crippen molar-refractivity contribution in [2.45, 2.75) is 6.54 Å². The number of phenols is 1. The number of nitrogens with zero attached hydrogens (tertiary/aromatic N) is 1. The lowest BCUT2D eigenvalue weighted by molar-refractivity contribution is -0.123. The van der Waals surface area contributed by atoms with Gasteiger partial charge in [-0.3, -0.25) is 9.69 Å². The highest BCUT2D eigenvalue weighted by molar-refractivity contribution is 9.10. The molecule has 5 nitrogen and oxygen atoms in total. The van der Waals surface area contributed by atoms with Gasteiger partial charge in [-0.25, -0.2) is 9.18 Å². The van der Waals surface area contributed by atoms with Gasteiger partial charge in [0.15, 0.2) is 0 Å². The molecule has 1 heterocycles. The Hall–Kier alpha value is -2.38. The quantitative estimate of drug-likeness (QED) is 0.576. The Morgan fingerprint density at radius 2 is 1.92 bits per heavy atom. The molecule has 3 amide bonds. The Bertz CT molecular complexity index is 876. The van der Waals surface area contributed by atoms with E-state index in [0.717, 1.165) is 4.90 Å². The SMILES string of the molecule is O=C1NC(=Cc2cc(Cl)c(O)c(Br)c2)C(=O)N1Cc1ccc(F)cc1. The van der Waals surface area contributed by atoms with E-state index in [9.17, 15) is 19.1 Å². The monoisotopic (exact) mass is 424 g/mol. The summed E-state index contributed by atoms with van der Waals surface area (Å²) in [7, 11) is 0. The van der Waals surface area contributed by atoms with Gasteiger partial charge in [-0.2, -0.15) is 0 Å². The van der Waals surface area contributed by atoms with Crippen molar-refractivity contribution in [3.8, 4) is 5.75 Å². The molecule has 0 saturated carbocycles. The fourth-order valence-electron chi connectivity index (χ4n) is 2.32. The molecule has 0 unspecified atom stereocenters. The highest BCUT2D eigenvalue weighted by Crippen LogP contribution is 2.33. The third-order valence-electron chi connectivity index (χ3n) is 3.57. The molecule has 1 fully saturated rings. The van der Waals surface area contributed by atoms with Crippen LogP contribution in [0.3, 0.4) is 0 Å². The summed E-state index contributed by atoms with van der Waals surface area (Å²) in [5.41, 5.74) is 1.24. The molecule has 1 saturated heterocycles. The maximum Gasteiger partial charge on any atom is 0.329 e. The predicted octanol–water partition coefficient (Wildman–Crippen LogP) is 4.04. The minimum Gasteiger partial charge on any atom is -0.505 e. The van der Waals surface area contributed by atoms with E-state index in [1.54, 1.807) is 6.07 Å². The smallest absolute Gasteiger partial charge is 0.329 e. The number of hydrogen-bond acceptors (Lipinski definition) is 3. The van der Waals surface area contributed by atoms with Crippen molar-refractivity contribution in [3.05, 3.63) is 68.5 Å². The Morgan fingerprint density at radius 3 is 2.56 bits per heavy atom. The second kappa shape index (κ2) is 6.85. The summed E-state index contributed by atoms with van der Waals surface area (Å²) < 4.78 is 13.3. The lowest BCUT2D eigenvalue weighted by atomic mass is 10.1. The number of nitrogens with one attached hydrogen (secondary N) is 1. The number of benzene rings is 2. The highest BCUT2D eigenvalue weighted by atomic mass is 79.9. The summed E-state index contributed by atoms with van der Waals surface area (Å²) in [6.45, 7) is 0.0301. The molecule has 2 aromatic carbocycles. The van der Waals surface area contributed by atoms with Crippen molar-refractivity contribution in [1.82, 2.24) is 10.2 Å². The van der Waals surface area contributed by atoms with Crippen LogP contribution in [0.1, 0.15) is 11.1 Å². The van der Waals surface area contributed by atoms with Crippen molar-refractivity contribution >= 4 is 45.5 Å². The van der Waals surface area contributed by atoms with E-state index in [2.05, 4.69) is 21.2 Å². The van der Waals surface area contributed by atoms with E-state index < -0.39 is 17.8 Å². The Balaban J connectivity index is 1.84. The van der Waals surface area contributed by atoms with E-state index in [-0.39, 0.29) is 23.0 Å². The topological polar surface area (TPSA) is 69.6 Å². The van der Waals surface area contributed by atoms with Crippen LogP contribution in [0.2, 0.25) is 5.02 Å². The third-order valence-corrected chi connectivity index (χ3v) is 4.46. The van der Waals surface area contributed by atoms with Gasteiger partial charge in [-0.15, -0.1) is 0 Å². The molecule has 0 aliphatic carbocycles. The summed E-state index contributed by atoms with van der Waals surface area (Å²) in [5.74, 6) is -1.01. The number of hydrogen-bond donors (Lipinski definition) is 2. The number of aromatic hydroxyl groups is 1. The Morgan fingerprint density at radius 1 is 1.24 bits per heavy atom. The van der Waals surface area contributed by atoms with Crippen LogP contribution in [0.25, 0.3) is 6.08 Å². The molecule has 8 heteroatoms. The first-order valence-electron chi connectivity index (χ1n) is 7.12. The normalized spacial score (nSPS) is 15.8. The maximum atomic E-state index is 13.0. The summed E-state index contributed by atoms with van der Waals surface area (Å²) >= 11 is 9.05. The van der Waals surface area contributed by atoms with Gasteiger partial charge in [0.2, 0.25) is 0 Å². The van der Waals surface area contributed by atoms with Gasteiger partial charge in [-0.1, -0.05) is 23.7 Å². The number of carbonyl (C=O) groups excluding carboxylic acids is 2. The average molecular weight is 426 g/mol. The van der Waals surface area contributed by atoms with Gasteiger partial charge in [0.25, 0.3) is 5.91 Å². The molecular formula is C17H11BrClFN2O3. The number of rotatable bonds is 3. The molecule has 128 valence electrons. The second-order valence-corrected chi connectivity index (χ2v) is 6.60. The second-order valence-electron chi connectivity index (χ2n) is 5.34. The first-order valence-corrected chi connectivity index (χ1v) is 8.29. The first kappa shape index (κ1) is 17.4. The van der Waals surface area contributed by atoms with Crippen molar-refractivity contribution in [2.24, 2.45) is 0 Å². The van der Waals surface area contributed by atoms with Crippen LogP contribution < -0.4 is 5.32 Å². The number of amides is 3. The van der Waals surface area contributed by atoms with Crippen molar-refractivity contribution in [3.63, 3.8) is 0 Å². The van der Waals surface area contributed by atoms with Crippen LogP contribution in [0.4, 0.5) is 9.18 Å². The molecule has 1 aliphatic heterocycles. The molecule has 3 rings (SSSR count). The molecule has 0 spiro atoms. The molecular weight excluding hydrogens is 415 g/mol. The Labute approximate surface area is 155 Å². The average Bonchev–Trinajstić information content (AvgIpc) is 2.82. The summed E-state index contributed by atoms with van der Waals surface area (Å²) in [4.78, 5) is 25.5. The lowest BCUT2D eigenvalue weighted by Gasteiger charge is -2.11. The molecule has 0 aromatic heterocycles. The van der Waals surface area contributed by atoms with Gasteiger partial charge in [-0.05, 0) is 57.4 Å². The lowest BCUT2D eigenvalue weighted by Crippen LogP contribution is -2.30. The number of phenolic OH excluding ortho intramolecular Hbond substituents is 1. The molecule has 0 atom stereocenters. The molecule has 0 bridgehead atoms. The molecule has 2 N–H and O–H groups in total. The zero-order valence-corrected chi connectivity index (χ0v) is 14.9. The van der Waals surface area contributed by atoms with Crippen LogP contribution >= 0.6 is 27.5 Å². The minimum atomic E-state index is -0.565. The summed E-state index contributed by atoms with van der Waals surface area (Å²) in [6, 6.07) is 8.02. The molecule has 0 radical (unpaired) electrons. The third kappa shape index (κ3) is 3.67.